The van der Waals surface area contributed by atoms with E-state index in [0.717, 1.165) is 18.5 Å². The molecule has 1 aromatic carbocycles. The van der Waals surface area contributed by atoms with Crippen molar-refractivity contribution in [3.05, 3.63) is 24.3 Å². The molecule has 0 aliphatic carbocycles. The molecule has 4 N–H and O–H groups in total. The van der Waals surface area contributed by atoms with Crippen molar-refractivity contribution >= 4 is 11.4 Å². The van der Waals surface area contributed by atoms with Gasteiger partial charge in [0.15, 0.2) is 0 Å². The van der Waals surface area contributed by atoms with Crippen LogP contribution in [-0.2, 0) is 4.74 Å². The summed E-state index contributed by atoms with van der Waals surface area (Å²) in [5.41, 5.74) is 7.28. The van der Waals surface area contributed by atoms with Crippen molar-refractivity contribution < 1.29 is 9.84 Å². The average molecular weight is 238 g/mol. The standard InChI is InChI=1S/C13H22N2O2/c1-2-3-7-17-10-13(16)9-15-12-6-4-5-11(14)8-12/h4-6,8,13,15-16H,2-3,7,9-10,14H2,1H3. The third-order valence-corrected chi connectivity index (χ3v) is 2.38. The molecule has 0 amide bonds. The predicted octanol–water partition coefficient (Wildman–Crippen LogP) is 1.86. The van der Waals surface area contributed by atoms with Crippen LogP contribution in [0.1, 0.15) is 19.8 Å². The fraction of sp³-hybridized carbons (Fsp3) is 0.538. The number of anilines is 2. The summed E-state index contributed by atoms with van der Waals surface area (Å²) in [6.07, 6.45) is 1.65. The minimum absolute atomic E-state index is 0.370. The Morgan fingerprint density at radius 1 is 1.47 bits per heavy atom. The molecule has 96 valence electrons. The van der Waals surface area contributed by atoms with E-state index in [1.807, 2.05) is 24.3 Å². The van der Waals surface area contributed by atoms with Gasteiger partial charge in [0.05, 0.1) is 12.7 Å². The van der Waals surface area contributed by atoms with Gasteiger partial charge in [-0.3, -0.25) is 0 Å². The Bertz CT molecular complexity index is 318. The summed E-state index contributed by atoms with van der Waals surface area (Å²) in [7, 11) is 0. The molecular weight excluding hydrogens is 216 g/mol. The van der Waals surface area contributed by atoms with Crippen molar-refractivity contribution in [2.45, 2.75) is 25.9 Å². The monoisotopic (exact) mass is 238 g/mol. The Morgan fingerprint density at radius 3 is 3.00 bits per heavy atom. The second kappa shape index (κ2) is 7.92. The summed E-state index contributed by atoms with van der Waals surface area (Å²) < 4.78 is 5.33. The molecule has 0 saturated carbocycles. The molecule has 1 rings (SSSR count). The van der Waals surface area contributed by atoms with E-state index < -0.39 is 6.10 Å². The summed E-state index contributed by atoms with van der Waals surface area (Å²) >= 11 is 0. The molecule has 0 aromatic heterocycles. The highest BCUT2D eigenvalue weighted by atomic mass is 16.5. The Hall–Kier alpha value is -1.26. The van der Waals surface area contributed by atoms with E-state index >= 15 is 0 Å². The van der Waals surface area contributed by atoms with Crippen LogP contribution in [0.25, 0.3) is 0 Å². The summed E-state index contributed by atoms with van der Waals surface area (Å²) in [6.45, 7) is 3.66. The number of unbranched alkanes of at least 4 members (excludes halogenated alkanes) is 1. The van der Waals surface area contributed by atoms with Gasteiger partial charge in [0, 0.05) is 24.5 Å². The van der Waals surface area contributed by atoms with Crippen molar-refractivity contribution in [1.29, 1.82) is 0 Å². The first kappa shape index (κ1) is 13.8. The average Bonchev–Trinajstić information content (AvgIpc) is 2.32. The van der Waals surface area contributed by atoms with Crippen LogP contribution in [0.2, 0.25) is 0 Å². The number of nitrogens with one attached hydrogen (secondary N) is 1. The van der Waals surface area contributed by atoms with Crippen LogP contribution in [0.4, 0.5) is 11.4 Å². The molecule has 0 aliphatic rings. The number of aliphatic hydroxyl groups is 1. The lowest BCUT2D eigenvalue weighted by Gasteiger charge is -2.13. The van der Waals surface area contributed by atoms with Crippen LogP contribution < -0.4 is 11.1 Å². The molecule has 17 heavy (non-hydrogen) atoms. The fourth-order valence-electron chi connectivity index (χ4n) is 1.41. The number of rotatable bonds is 8. The number of hydrogen-bond donors (Lipinski definition) is 3. The van der Waals surface area contributed by atoms with Crippen LogP contribution in [0.3, 0.4) is 0 Å². The van der Waals surface area contributed by atoms with E-state index in [1.54, 1.807) is 0 Å². The van der Waals surface area contributed by atoms with Crippen molar-refractivity contribution in [2.75, 3.05) is 30.8 Å². The fourth-order valence-corrected chi connectivity index (χ4v) is 1.41. The summed E-state index contributed by atoms with van der Waals surface area (Å²) in [5, 5.41) is 12.8. The molecule has 0 bridgehead atoms. The highest BCUT2D eigenvalue weighted by Crippen LogP contribution is 2.11. The molecule has 1 aromatic rings. The zero-order valence-corrected chi connectivity index (χ0v) is 10.4. The van der Waals surface area contributed by atoms with Gasteiger partial charge in [-0.15, -0.1) is 0 Å². The second-order valence-electron chi connectivity index (χ2n) is 4.09. The first-order chi connectivity index (χ1) is 8.22. The lowest BCUT2D eigenvalue weighted by Crippen LogP contribution is -2.25. The molecule has 1 unspecified atom stereocenters. The molecule has 4 heteroatoms. The van der Waals surface area contributed by atoms with Gasteiger partial charge in [-0.05, 0) is 24.6 Å². The topological polar surface area (TPSA) is 67.5 Å². The quantitative estimate of drug-likeness (QED) is 0.477. The van der Waals surface area contributed by atoms with Gasteiger partial charge in [0.2, 0.25) is 0 Å². The second-order valence-corrected chi connectivity index (χ2v) is 4.09. The highest BCUT2D eigenvalue weighted by molar-refractivity contribution is 5.54. The lowest BCUT2D eigenvalue weighted by atomic mass is 10.2. The zero-order valence-electron chi connectivity index (χ0n) is 10.4. The third-order valence-electron chi connectivity index (χ3n) is 2.38. The van der Waals surface area contributed by atoms with E-state index in [-0.39, 0.29) is 0 Å². The molecule has 0 spiro atoms. The Balaban J connectivity index is 2.17. The van der Waals surface area contributed by atoms with Gasteiger partial charge in [0.25, 0.3) is 0 Å². The van der Waals surface area contributed by atoms with Crippen LogP contribution >= 0.6 is 0 Å². The predicted molar refractivity (Wildman–Crippen MR) is 71.1 cm³/mol. The third kappa shape index (κ3) is 6.14. The van der Waals surface area contributed by atoms with Crippen LogP contribution in [-0.4, -0.2) is 31.0 Å². The SMILES string of the molecule is CCCCOCC(O)CNc1cccc(N)c1. The Labute approximate surface area is 103 Å². The summed E-state index contributed by atoms with van der Waals surface area (Å²) in [6, 6.07) is 7.46. The van der Waals surface area contributed by atoms with Crippen molar-refractivity contribution in [3.8, 4) is 0 Å². The van der Waals surface area contributed by atoms with Gasteiger partial charge < -0.3 is 20.9 Å². The van der Waals surface area contributed by atoms with Gasteiger partial charge >= 0.3 is 0 Å². The Kier molecular flexibility index (Phi) is 6.43. The molecule has 0 radical (unpaired) electrons. The maximum absolute atomic E-state index is 9.66. The van der Waals surface area contributed by atoms with Crippen LogP contribution in [0.15, 0.2) is 24.3 Å². The van der Waals surface area contributed by atoms with Crippen molar-refractivity contribution in [2.24, 2.45) is 0 Å². The number of ether oxygens (including phenoxy) is 1. The van der Waals surface area contributed by atoms with E-state index in [9.17, 15) is 5.11 Å². The first-order valence-electron chi connectivity index (χ1n) is 6.07. The van der Waals surface area contributed by atoms with Crippen LogP contribution in [0, 0.1) is 0 Å². The molecule has 4 nitrogen and oxygen atoms in total. The first-order valence-corrected chi connectivity index (χ1v) is 6.07. The van der Waals surface area contributed by atoms with E-state index in [1.165, 1.54) is 0 Å². The number of aliphatic hydroxyl groups excluding tert-OH is 1. The maximum Gasteiger partial charge on any atom is 0.0945 e. The number of nitrogens with two attached hydrogens (primary N) is 1. The minimum atomic E-state index is -0.492. The number of hydrogen-bond acceptors (Lipinski definition) is 4. The van der Waals surface area contributed by atoms with E-state index in [4.69, 9.17) is 10.5 Å². The summed E-state index contributed by atoms with van der Waals surface area (Å²) in [5.74, 6) is 0. The maximum atomic E-state index is 9.66. The normalized spacial score (nSPS) is 12.4. The minimum Gasteiger partial charge on any atom is -0.399 e. The molecule has 1 atom stereocenters. The van der Waals surface area contributed by atoms with Crippen molar-refractivity contribution in [3.63, 3.8) is 0 Å². The van der Waals surface area contributed by atoms with Gasteiger partial charge in [-0.25, -0.2) is 0 Å². The number of benzene rings is 1. The van der Waals surface area contributed by atoms with Gasteiger partial charge in [0.1, 0.15) is 0 Å². The molecule has 0 heterocycles. The highest BCUT2D eigenvalue weighted by Gasteiger charge is 2.03. The zero-order chi connectivity index (χ0) is 12.5. The van der Waals surface area contributed by atoms with Gasteiger partial charge in [-0.1, -0.05) is 19.4 Å². The van der Waals surface area contributed by atoms with E-state index in [0.29, 0.717) is 25.4 Å². The molecular formula is C13H22N2O2. The largest absolute Gasteiger partial charge is 0.399 e. The smallest absolute Gasteiger partial charge is 0.0945 e. The lowest BCUT2D eigenvalue weighted by molar-refractivity contribution is 0.0422. The summed E-state index contributed by atoms with van der Waals surface area (Å²) in [4.78, 5) is 0. The molecule has 0 aliphatic heterocycles. The van der Waals surface area contributed by atoms with Gasteiger partial charge in [-0.2, -0.15) is 0 Å². The number of nitrogen functional groups attached to an aromatic ring is 1. The van der Waals surface area contributed by atoms with Crippen molar-refractivity contribution in [1.82, 2.24) is 0 Å². The molecule has 0 saturated heterocycles. The van der Waals surface area contributed by atoms with Crippen LogP contribution in [0.5, 0.6) is 0 Å². The van der Waals surface area contributed by atoms with E-state index in [2.05, 4.69) is 12.2 Å². The Morgan fingerprint density at radius 2 is 2.29 bits per heavy atom. The molecule has 0 fully saturated rings.